The Bertz CT molecular complexity index is 1320. The lowest BCUT2D eigenvalue weighted by atomic mass is 10.0. The molecule has 0 bridgehead atoms. The average molecular weight is 399 g/mol. The number of pyridine rings is 1. The van der Waals surface area contributed by atoms with Crippen molar-refractivity contribution in [2.45, 2.75) is 26.2 Å². The topological polar surface area (TPSA) is 47.2 Å². The van der Waals surface area contributed by atoms with Gasteiger partial charge in [-0.25, -0.2) is 0 Å². The van der Waals surface area contributed by atoms with Gasteiger partial charge in [0.05, 0.1) is 5.56 Å². The Labute approximate surface area is 175 Å². The van der Waals surface area contributed by atoms with Crippen LogP contribution in [0, 0.1) is 6.92 Å². The number of hydrogen-bond donors (Lipinski definition) is 0. The van der Waals surface area contributed by atoms with Crippen LogP contribution < -0.4 is 5.56 Å². The molecule has 3 heterocycles. The zero-order valence-corrected chi connectivity index (χ0v) is 17.4. The van der Waals surface area contributed by atoms with Crippen LogP contribution in [0.3, 0.4) is 0 Å². The monoisotopic (exact) mass is 399 g/mol. The molecule has 2 aromatic heterocycles. The van der Waals surface area contributed by atoms with Crippen LogP contribution in [-0.4, -0.2) is 33.0 Å². The van der Waals surface area contributed by atoms with Crippen molar-refractivity contribution < 1.29 is 4.79 Å². The molecule has 1 aliphatic rings. The minimum atomic E-state index is -0.109. The second kappa shape index (κ2) is 7.17. The third-order valence-electron chi connectivity index (χ3n) is 6.24. The normalized spacial score (nSPS) is 14.5. The Morgan fingerprint density at radius 2 is 1.63 bits per heavy atom. The summed E-state index contributed by atoms with van der Waals surface area (Å²) < 4.78 is 3.54. The number of fused-ring (bicyclic) bond motifs is 3. The zero-order chi connectivity index (χ0) is 20.8. The smallest absolute Gasteiger partial charge is 0.279 e. The maximum atomic E-state index is 13.6. The predicted molar refractivity (Wildman–Crippen MR) is 121 cm³/mol. The van der Waals surface area contributed by atoms with E-state index in [9.17, 15) is 9.59 Å². The zero-order valence-electron chi connectivity index (χ0n) is 17.4. The van der Waals surface area contributed by atoms with Gasteiger partial charge in [0, 0.05) is 48.3 Å². The van der Waals surface area contributed by atoms with E-state index in [0.29, 0.717) is 11.1 Å². The largest absolute Gasteiger partial charge is 0.339 e. The van der Waals surface area contributed by atoms with Crippen molar-refractivity contribution in [3.63, 3.8) is 0 Å². The van der Waals surface area contributed by atoms with Crippen molar-refractivity contribution in [2.24, 2.45) is 7.05 Å². The SMILES string of the molecule is Cc1ccc(-n2cc(C(=O)N3CCCCC3)c3c4ccccc4n(C)c3c2=O)cc1. The molecule has 4 aromatic rings. The number of para-hydroxylation sites is 1. The van der Waals surface area contributed by atoms with E-state index >= 15 is 0 Å². The number of carbonyl (C=O) groups is 1. The molecule has 5 heteroatoms. The van der Waals surface area contributed by atoms with Gasteiger partial charge in [0.2, 0.25) is 0 Å². The number of nitrogens with zero attached hydrogens (tertiary/aromatic N) is 3. The fraction of sp³-hybridized carbons (Fsp3) is 0.280. The molecule has 30 heavy (non-hydrogen) atoms. The Hall–Kier alpha value is -3.34. The van der Waals surface area contributed by atoms with Crippen LogP contribution in [0.5, 0.6) is 0 Å². The first-order chi connectivity index (χ1) is 14.6. The summed E-state index contributed by atoms with van der Waals surface area (Å²) in [7, 11) is 1.90. The van der Waals surface area contributed by atoms with Crippen LogP contribution in [0.25, 0.3) is 27.5 Å². The minimum absolute atomic E-state index is 0.0110. The Balaban J connectivity index is 1.85. The van der Waals surface area contributed by atoms with E-state index in [4.69, 9.17) is 0 Å². The molecule has 0 radical (unpaired) electrons. The number of piperidine rings is 1. The molecule has 5 nitrogen and oxygen atoms in total. The highest BCUT2D eigenvalue weighted by Gasteiger charge is 2.25. The lowest BCUT2D eigenvalue weighted by Gasteiger charge is -2.27. The molecule has 1 saturated heterocycles. The van der Waals surface area contributed by atoms with E-state index in [1.165, 1.54) is 0 Å². The molecule has 0 aliphatic carbocycles. The maximum Gasteiger partial charge on any atom is 0.279 e. The summed E-state index contributed by atoms with van der Waals surface area (Å²) >= 11 is 0. The number of rotatable bonds is 2. The summed E-state index contributed by atoms with van der Waals surface area (Å²) in [6.45, 7) is 3.56. The van der Waals surface area contributed by atoms with Gasteiger partial charge in [0.1, 0.15) is 5.52 Å². The summed E-state index contributed by atoms with van der Waals surface area (Å²) in [5, 5.41) is 1.71. The Kier molecular flexibility index (Phi) is 4.46. The highest BCUT2D eigenvalue weighted by atomic mass is 16.2. The number of aromatic nitrogens is 2. The van der Waals surface area contributed by atoms with Crippen molar-refractivity contribution in [1.29, 1.82) is 0 Å². The molecule has 0 atom stereocenters. The highest BCUT2D eigenvalue weighted by molar-refractivity contribution is 6.17. The summed E-state index contributed by atoms with van der Waals surface area (Å²) in [5.74, 6) is 0.0110. The van der Waals surface area contributed by atoms with Crippen LogP contribution in [0.2, 0.25) is 0 Å². The number of amides is 1. The fourth-order valence-corrected chi connectivity index (χ4v) is 4.61. The number of hydrogen-bond acceptors (Lipinski definition) is 2. The predicted octanol–water partition coefficient (Wildman–Crippen LogP) is 4.42. The maximum absolute atomic E-state index is 13.6. The van der Waals surface area contributed by atoms with Gasteiger partial charge in [-0.1, -0.05) is 35.9 Å². The molecule has 152 valence electrons. The first-order valence-electron chi connectivity index (χ1n) is 10.6. The van der Waals surface area contributed by atoms with Crippen LogP contribution in [0.1, 0.15) is 35.2 Å². The van der Waals surface area contributed by atoms with Crippen LogP contribution in [0.15, 0.2) is 59.5 Å². The second-order valence-corrected chi connectivity index (χ2v) is 8.21. The first kappa shape index (κ1) is 18.7. The second-order valence-electron chi connectivity index (χ2n) is 8.21. The van der Waals surface area contributed by atoms with Crippen LogP contribution >= 0.6 is 0 Å². The molecule has 0 unspecified atom stereocenters. The molecule has 2 aromatic carbocycles. The lowest BCUT2D eigenvalue weighted by Crippen LogP contribution is -2.36. The highest BCUT2D eigenvalue weighted by Crippen LogP contribution is 2.30. The van der Waals surface area contributed by atoms with E-state index in [2.05, 4.69) is 0 Å². The van der Waals surface area contributed by atoms with Gasteiger partial charge in [-0.3, -0.25) is 14.2 Å². The van der Waals surface area contributed by atoms with Gasteiger partial charge in [0.25, 0.3) is 11.5 Å². The standard InChI is InChI=1S/C25H25N3O2/c1-17-10-12-18(13-11-17)28-16-20(24(29)27-14-6-3-7-15-27)22-19-8-4-5-9-21(19)26(2)23(22)25(28)30/h4-5,8-13,16H,3,6-7,14-15H2,1-2H3. The van der Waals surface area contributed by atoms with Crippen molar-refractivity contribution in [1.82, 2.24) is 14.0 Å². The van der Waals surface area contributed by atoms with E-state index in [-0.39, 0.29) is 11.5 Å². The molecule has 1 aliphatic heterocycles. The lowest BCUT2D eigenvalue weighted by molar-refractivity contribution is 0.0725. The van der Waals surface area contributed by atoms with Crippen molar-refractivity contribution in [2.75, 3.05) is 13.1 Å². The van der Waals surface area contributed by atoms with E-state index in [1.807, 2.05) is 72.0 Å². The molecule has 5 rings (SSSR count). The third kappa shape index (κ3) is 2.84. The third-order valence-corrected chi connectivity index (χ3v) is 6.24. The molecular formula is C25H25N3O2. The Morgan fingerprint density at radius 3 is 2.37 bits per heavy atom. The summed E-state index contributed by atoms with van der Waals surface area (Å²) in [5.41, 5.74) is 3.91. The quantitative estimate of drug-likeness (QED) is 0.501. The van der Waals surface area contributed by atoms with E-state index < -0.39 is 0 Å². The van der Waals surface area contributed by atoms with Crippen molar-refractivity contribution in [3.05, 3.63) is 76.2 Å². The average Bonchev–Trinajstić information content (AvgIpc) is 3.08. The summed E-state index contributed by atoms with van der Waals surface area (Å²) in [6.07, 6.45) is 4.97. The van der Waals surface area contributed by atoms with Gasteiger partial charge < -0.3 is 9.47 Å². The molecule has 0 spiro atoms. The van der Waals surface area contributed by atoms with Crippen molar-refractivity contribution in [3.8, 4) is 5.69 Å². The number of aryl methyl sites for hydroxylation is 2. The summed E-state index contributed by atoms with van der Waals surface area (Å²) in [4.78, 5) is 29.1. The Morgan fingerprint density at radius 1 is 0.933 bits per heavy atom. The molecule has 1 amide bonds. The van der Waals surface area contributed by atoms with Gasteiger partial charge in [-0.2, -0.15) is 0 Å². The summed E-state index contributed by atoms with van der Waals surface area (Å²) in [6, 6.07) is 15.8. The van der Waals surface area contributed by atoms with Gasteiger partial charge in [-0.15, -0.1) is 0 Å². The van der Waals surface area contributed by atoms with E-state index in [1.54, 1.807) is 10.8 Å². The van der Waals surface area contributed by atoms with Gasteiger partial charge in [0.15, 0.2) is 0 Å². The van der Waals surface area contributed by atoms with Crippen LogP contribution in [0.4, 0.5) is 0 Å². The first-order valence-corrected chi connectivity index (χ1v) is 10.6. The minimum Gasteiger partial charge on any atom is -0.339 e. The molecule has 0 N–H and O–H groups in total. The van der Waals surface area contributed by atoms with Crippen molar-refractivity contribution >= 4 is 27.7 Å². The molecule has 0 saturated carbocycles. The molecular weight excluding hydrogens is 374 g/mol. The van der Waals surface area contributed by atoms with Gasteiger partial charge >= 0.3 is 0 Å². The number of carbonyl (C=O) groups excluding carboxylic acids is 1. The number of likely N-dealkylation sites (tertiary alicyclic amines) is 1. The number of benzene rings is 2. The van der Waals surface area contributed by atoms with Crippen LogP contribution in [-0.2, 0) is 7.05 Å². The van der Waals surface area contributed by atoms with E-state index in [0.717, 1.165) is 59.9 Å². The molecule has 1 fully saturated rings. The fourth-order valence-electron chi connectivity index (χ4n) is 4.61. The van der Waals surface area contributed by atoms with Gasteiger partial charge in [-0.05, 0) is 44.4 Å².